The van der Waals surface area contributed by atoms with Crippen molar-refractivity contribution in [2.75, 3.05) is 7.05 Å². The van der Waals surface area contributed by atoms with Crippen LogP contribution in [0.4, 0.5) is 0 Å². The van der Waals surface area contributed by atoms with E-state index in [-0.39, 0.29) is 5.91 Å². The van der Waals surface area contributed by atoms with Gasteiger partial charge in [-0.2, -0.15) is 0 Å². The molecule has 0 aromatic heterocycles. The number of amides is 2. The third-order valence-corrected chi connectivity index (χ3v) is 3.82. The zero-order valence-electron chi connectivity index (χ0n) is 11.1. The zero-order valence-corrected chi connectivity index (χ0v) is 11.1. The summed E-state index contributed by atoms with van der Waals surface area (Å²) in [5.74, 6) is -3.30. The van der Waals surface area contributed by atoms with Crippen LogP contribution in [-0.4, -0.2) is 46.1 Å². The predicted octanol–water partition coefficient (Wildman–Crippen LogP) is 0.230. The number of nitrogens with zero attached hydrogens (tertiary/aromatic N) is 1. The number of carboxylic acid groups (broad SMARTS) is 1. The summed E-state index contributed by atoms with van der Waals surface area (Å²) in [6.07, 6.45) is 2.62. The molecule has 1 saturated carbocycles. The standard InChI is InChI=1S/C12H20N2O5/c1-7(10(15)13-19)14(2)11(16)8-5-3-4-6-9(8)12(17)18/h7-9,19H,3-6H2,1-2H3,(H,13,15)(H,17,18)/t7?,8-,9+/m0/s1. The number of hydroxylamine groups is 1. The van der Waals surface area contributed by atoms with Crippen LogP contribution in [0.15, 0.2) is 0 Å². The molecule has 0 radical (unpaired) electrons. The number of carbonyl (C=O) groups excluding carboxylic acids is 2. The Hall–Kier alpha value is -1.63. The van der Waals surface area contributed by atoms with Gasteiger partial charge in [0.25, 0.3) is 5.91 Å². The molecule has 0 bridgehead atoms. The van der Waals surface area contributed by atoms with Crippen molar-refractivity contribution in [2.45, 2.75) is 38.6 Å². The lowest BCUT2D eigenvalue weighted by molar-refractivity contribution is -0.154. The minimum absolute atomic E-state index is 0.358. The number of rotatable bonds is 4. The van der Waals surface area contributed by atoms with Gasteiger partial charge in [0.2, 0.25) is 5.91 Å². The quantitative estimate of drug-likeness (QED) is 0.501. The number of likely N-dealkylation sites (N-methyl/N-ethyl adjacent to an activating group) is 1. The number of aliphatic carboxylic acids is 1. The monoisotopic (exact) mass is 272 g/mol. The van der Waals surface area contributed by atoms with Gasteiger partial charge in [-0.1, -0.05) is 12.8 Å². The van der Waals surface area contributed by atoms with E-state index in [9.17, 15) is 14.4 Å². The van der Waals surface area contributed by atoms with Crippen LogP contribution in [0.3, 0.4) is 0 Å². The van der Waals surface area contributed by atoms with Gasteiger partial charge in [-0.05, 0) is 19.8 Å². The van der Waals surface area contributed by atoms with Crippen LogP contribution >= 0.6 is 0 Å². The normalized spacial score (nSPS) is 24.4. The van der Waals surface area contributed by atoms with Crippen molar-refractivity contribution in [1.29, 1.82) is 0 Å². The minimum Gasteiger partial charge on any atom is -0.481 e. The van der Waals surface area contributed by atoms with Crippen molar-refractivity contribution >= 4 is 17.8 Å². The van der Waals surface area contributed by atoms with Crippen LogP contribution in [0, 0.1) is 11.8 Å². The van der Waals surface area contributed by atoms with E-state index < -0.39 is 29.8 Å². The molecule has 1 rings (SSSR count). The second-order valence-electron chi connectivity index (χ2n) is 4.94. The minimum atomic E-state index is -0.967. The molecule has 108 valence electrons. The van der Waals surface area contributed by atoms with Crippen LogP contribution in [0.2, 0.25) is 0 Å². The average molecular weight is 272 g/mol. The van der Waals surface area contributed by atoms with Gasteiger partial charge in [-0.15, -0.1) is 0 Å². The maximum Gasteiger partial charge on any atom is 0.307 e. The second kappa shape index (κ2) is 6.51. The highest BCUT2D eigenvalue weighted by molar-refractivity contribution is 5.89. The maximum absolute atomic E-state index is 12.3. The molecule has 0 heterocycles. The molecule has 2 amide bonds. The summed E-state index contributed by atoms with van der Waals surface area (Å²) in [5, 5.41) is 17.7. The second-order valence-corrected chi connectivity index (χ2v) is 4.94. The van der Waals surface area contributed by atoms with Gasteiger partial charge >= 0.3 is 5.97 Å². The third kappa shape index (κ3) is 3.44. The Morgan fingerprint density at radius 1 is 1.21 bits per heavy atom. The Bertz CT molecular complexity index is 371. The van der Waals surface area contributed by atoms with Gasteiger partial charge in [-0.3, -0.25) is 19.6 Å². The van der Waals surface area contributed by atoms with Crippen LogP contribution in [0.5, 0.6) is 0 Å². The highest BCUT2D eigenvalue weighted by Gasteiger charge is 2.38. The van der Waals surface area contributed by atoms with E-state index in [1.54, 1.807) is 0 Å². The molecule has 1 aliphatic rings. The first kappa shape index (κ1) is 15.4. The van der Waals surface area contributed by atoms with Crippen molar-refractivity contribution in [2.24, 2.45) is 11.8 Å². The Kier molecular flexibility index (Phi) is 5.29. The Morgan fingerprint density at radius 3 is 2.21 bits per heavy atom. The maximum atomic E-state index is 12.3. The highest BCUT2D eigenvalue weighted by atomic mass is 16.5. The van der Waals surface area contributed by atoms with Gasteiger partial charge in [0.05, 0.1) is 11.8 Å². The molecule has 0 spiro atoms. The molecule has 3 N–H and O–H groups in total. The number of hydrogen-bond acceptors (Lipinski definition) is 4. The summed E-state index contributed by atoms with van der Waals surface area (Å²) in [4.78, 5) is 35.9. The topological polar surface area (TPSA) is 107 Å². The fraction of sp³-hybridized carbons (Fsp3) is 0.750. The Morgan fingerprint density at radius 2 is 1.74 bits per heavy atom. The van der Waals surface area contributed by atoms with Gasteiger partial charge in [0, 0.05) is 7.05 Å². The summed E-state index contributed by atoms with van der Waals surface area (Å²) >= 11 is 0. The van der Waals surface area contributed by atoms with Crippen molar-refractivity contribution in [3.8, 4) is 0 Å². The summed E-state index contributed by atoms with van der Waals surface area (Å²) in [7, 11) is 1.44. The predicted molar refractivity (Wildman–Crippen MR) is 65.2 cm³/mol. The van der Waals surface area contributed by atoms with Gasteiger partial charge in [-0.25, -0.2) is 5.48 Å². The molecular weight excluding hydrogens is 252 g/mol. The number of hydrogen-bond donors (Lipinski definition) is 3. The van der Waals surface area contributed by atoms with E-state index in [1.807, 2.05) is 0 Å². The highest BCUT2D eigenvalue weighted by Crippen LogP contribution is 2.31. The SMILES string of the molecule is CC(C(=O)NO)N(C)C(=O)[C@H]1CCCC[C@H]1C(=O)O. The molecule has 0 aliphatic heterocycles. The first-order valence-electron chi connectivity index (χ1n) is 6.33. The molecule has 19 heavy (non-hydrogen) atoms. The van der Waals surface area contributed by atoms with Gasteiger partial charge < -0.3 is 10.0 Å². The molecule has 3 atom stereocenters. The molecule has 1 fully saturated rings. The van der Waals surface area contributed by atoms with E-state index >= 15 is 0 Å². The van der Waals surface area contributed by atoms with Crippen molar-refractivity contribution < 1.29 is 24.7 Å². The van der Waals surface area contributed by atoms with E-state index in [1.165, 1.54) is 24.4 Å². The lowest BCUT2D eigenvalue weighted by Crippen LogP contribution is -2.49. The molecule has 7 nitrogen and oxygen atoms in total. The van der Waals surface area contributed by atoms with Gasteiger partial charge in [0.15, 0.2) is 0 Å². The molecule has 7 heteroatoms. The van der Waals surface area contributed by atoms with E-state index in [4.69, 9.17) is 10.3 Å². The fourth-order valence-corrected chi connectivity index (χ4v) is 2.44. The molecule has 1 unspecified atom stereocenters. The van der Waals surface area contributed by atoms with Crippen LogP contribution in [-0.2, 0) is 14.4 Å². The fourth-order valence-electron chi connectivity index (χ4n) is 2.44. The summed E-state index contributed by atoms with van der Waals surface area (Å²) < 4.78 is 0. The third-order valence-electron chi connectivity index (χ3n) is 3.82. The molecule has 0 aromatic carbocycles. The number of carbonyl (C=O) groups is 3. The zero-order chi connectivity index (χ0) is 14.6. The average Bonchev–Trinajstić information content (AvgIpc) is 2.43. The number of nitrogens with one attached hydrogen (secondary N) is 1. The Balaban J connectivity index is 2.79. The first-order valence-corrected chi connectivity index (χ1v) is 6.33. The van der Waals surface area contributed by atoms with Crippen molar-refractivity contribution in [1.82, 2.24) is 10.4 Å². The van der Waals surface area contributed by atoms with E-state index in [0.717, 1.165) is 12.8 Å². The lowest BCUT2D eigenvalue weighted by Gasteiger charge is -2.33. The van der Waals surface area contributed by atoms with Crippen molar-refractivity contribution in [3.63, 3.8) is 0 Å². The largest absolute Gasteiger partial charge is 0.481 e. The summed E-state index contributed by atoms with van der Waals surface area (Å²) in [6.45, 7) is 1.47. The lowest BCUT2D eigenvalue weighted by atomic mass is 9.78. The molecule has 1 aliphatic carbocycles. The summed E-state index contributed by atoms with van der Waals surface area (Å²) in [5.41, 5.74) is 1.49. The van der Waals surface area contributed by atoms with E-state index in [2.05, 4.69) is 0 Å². The molecule has 0 saturated heterocycles. The van der Waals surface area contributed by atoms with Crippen LogP contribution < -0.4 is 5.48 Å². The summed E-state index contributed by atoms with van der Waals surface area (Å²) in [6, 6.07) is -0.839. The molecular formula is C12H20N2O5. The van der Waals surface area contributed by atoms with Crippen LogP contribution in [0.1, 0.15) is 32.6 Å². The van der Waals surface area contributed by atoms with Crippen molar-refractivity contribution in [3.05, 3.63) is 0 Å². The van der Waals surface area contributed by atoms with E-state index in [0.29, 0.717) is 12.8 Å². The van der Waals surface area contributed by atoms with Crippen LogP contribution in [0.25, 0.3) is 0 Å². The Labute approximate surface area is 111 Å². The number of carboxylic acids is 1. The smallest absolute Gasteiger partial charge is 0.307 e. The molecule has 0 aromatic rings. The first-order chi connectivity index (χ1) is 8.90. The van der Waals surface area contributed by atoms with Gasteiger partial charge in [0.1, 0.15) is 6.04 Å².